The molecule has 0 amide bonds. The fourth-order valence-corrected chi connectivity index (χ4v) is 4.03. The molecular weight excluding hydrogens is 306 g/mol. The van der Waals surface area contributed by atoms with Crippen LogP contribution in [-0.2, 0) is 10.0 Å². The number of halogens is 1. The Hall–Kier alpha value is -1.02. The van der Waals surface area contributed by atoms with Crippen LogP contribution in [0, 0.1) is 6.92 Å². The van der Waals surface area contributed by atoms with Gasteiger partial charge in [-0.15, -0.1) is 11.3 Å². The predicted octanol–water partition coefficient (Wildman–Crippen LogP) is 2.54. The first-order chi connectivity index (χ1) is 8.90. The fourth-order valence-electron chi connectivity index (χ4n) is 1.49. The molecule has 2 rings (SSSR count). The van der Waals surface area contributed by atoms with Gasteiger partial charge in [0.25, 0.3) is 0 Å². The predicted molar refractivity (Wildman–Crippen MR) is 74.8 cm³/mol. The highest BCUT2D eigenvalue weighted by Gasteiger charge is 2.22. The maximum absolute atomic E-state index is 12.2. The summed E-state index contributed by atoms with van der Waals surface area (Å²) in [4.78, 5) is 7.99. The molecule has 2 aromatic heterocycles. The number of thiazole rings is 1. The Kier molecular flexibility index (Phi) is 4.19. The summed E-state index contributed by atoms with van der Waals surface area (Å²) < 4.78 is 26.9. The summed E-state index contributed by atoms with van der Waals surface area (Å²) in [5.41, 5.74) is 0.866. The van der Waals surface area contributed by atoms with Gasteiger partial charge >= 0.3 is 0 Å². The third-order valence-electron chi connectivity index (χ3n) is 2.35. The van der Waals surface area contributed by atoms with Crippen molar-refractivity contribution in [2.24, 2.45) is 0 Å². The van der Waals surface area contributed by atoms with Crippen molar-refractivity contribution < 1.29 is 8.42 Å². The topological polar surface area (TPSA) is 72.0 Å². The zero-order valence-electron chi connectivity index (χ0n) is 10.3. The Morgan fingerprint density at radius 2 is 2.21 bits per heavy atom. The first-order valence-electron chi connectivity index (χ1n) is 5.45. The maximum Gasteiger partial charge on any atom is 0.244 e. The van der Waals surface area contributed by atoms with Crippen LogP contribution >= 0.6 is 22.9 Å². The number of nitrogens with zero attached hydrogens (tertiary/aromatic N) is 2. The number of sulfonamides is 1. The number of aryl methyl sites for hydroxylation is 1. The number of nitrogens with one attached hydrogen (secondary N) is 1. The largest absolute Gasteiger partial charge is 0.245 e. The molecule has 0 spiro atoms. The molecule has 0 aliphatic carbocycles. The Morgan fingerprint density at radius 3 is 2.79 bits per heavy atom. The molecule has 0 bridgehead atoms. The Morgan fingerprint density at radius 1 is 1.47 bits per heavy atom. The summed E-state index contributed by atoms with van der Waals surface area (Å²) in [7, 11) is -3.71. The molecule has 0 fully saturated rings. The van der Waals surface area contributed by atoms with E-state index in [2.05, 4.69) is 14.7 Å². The van der Waals surface area contributed by atoms with Crippen molar-refractivity contribution in [1.29, 1.82) is 0 Å². The molecule has 2 aromatic rings. The summed E-state index contributed by atoms with van der Waals surface area (Å²) in [5, 5.41) is 2.54. The second-order valence-corrected chi connectivity index (χ2v) is 6.89. The molecule has 102 valence electrons. The smallest absolute Gasteiger partial charge is 0.244 e. The van der Waals surface area contributed by atoms with Gasteiger partial charge in [0.2, 0.25) is 10.0 Å². The molecule has 0 radical (unpaired) electrons. The lowest BCUT2D eigenvalue weighted by molar-refractivity contribution is 0.566. The highest BCUT2D eigenvalue weighted by atomic mass is 35.5. The van der Waals surface area contributed by atoms with E-state index in [9.17, 15) is 8.42 Å². The fraction of sp³-hybridized carbons (Fsp3) is 0.273. The molecule has 0 saturated carbocycles. The lowest BCUT2D eigenvalue weighted by Gasteiger charge is -2.12. The minimum absolute atomic E-state index is 0.0307. The molecule has 19 heavy (non-hydrogen) atoms. The average molecular weight is 318 g/mol. The van der Waals surface area contributed by atoms with Gasteiger partial charge in [-0.1, -0.05) is 11.6 Å². The van der Waals surface area contributed by atoms with E-state index in [1.807, 2.05) is 12.3 Å². The van der Waals surface area contributed by atoms with Crippen molar-refractivity contribution in [2.75, 3.05) is 0 Å². The number of pyridine rings is 1. The summed E-state index contributed by atoms with van der Waals surface area (Å²) in [6.45, 7) is 3.60. The Labute approximate surface area is 120 Å². The van der Waals surface area contributed by atoms with Crippen molar-refractivity contribution in [1.82, 2.24) is 14.7 Å². The zero-order chi connectivity index (χ0) is 14.0. The quantitative estimate of drug-likeness (QED) is 0.880. The third-order valence-corrected chi connectivity index (χ3v) is 5.48. The summed E-state index contributed by atoms with van der Waals surface area (Å²) in [5.74, 6) is 0. The van der Waals surface area contributed by atoms with Crippen LogP contribution in [0.15, 0.2) is 28.6 Å². The molecule has 0 aromatic carbocycles. The third kappa shape index (κ3) is 3.30. The number of hydrogen-bond acceptors (Lipinski definition) is 5. The molecule has 1 N–H and O–H groups in total. The summed E-state index contributed by atoms with van der Waals surface area (Å²) >= 11 is 7.21. The van der Waals surface area contributed by atoms with Crippen molar-refractivity contribution in [3.63, 3.8) is 0 Å². The van der Waals surface area contributed by atoms with Gasteiger partial charge in [0.15, 0.2) is 0 Å². The average Bonchev–Trinajstić information content (AvgIpc) is 2.76. The summed E-state index contributed by atoms with van der Waals surface area (Å²) in [6, 6.07) is 2.52. The highest BCUT2D eigenvalue weighted by molar-refractivity contribution is 7.89. The number of aromatic nitrogens is 2. The van der Waals surface area contributed by atoms with Gasteiger partial charge in [0.05, 0.1) is 6.04 Å². The summed E-state index contributed by atoms with van der Waals surface area (Å²) in [6.07, 6.45) is 1.44. The van der Waals surface area contributed by atoms with Gasteiger partial charge in [-0.3, -0.25) is 0 Å². The first-order valence-corrected chi connectivity index (χ1v) is 8.19. The van der Waals surface area contributed by atoms with E-state index in [4.69, 9.17) is 11.6 Å². The van der Waals surface area contributed by atoms with Crippen molar-refractivity contribution in [3.8, 4) is 0 Å². The van der Waals surface area contributed by atoms with Gasteiger partial charge in [-0.2, -0.15) is 0 Å². The number of rotatable bonds is 4. The Bertz CT molecular complexity index is 685. The first kappa shape index (κ1) is 14.4. The van der Waals surface area contributed by atoms with E-state index < -0.39 is 16.1 Å². The minimum atomic E-state index is -3.71. The van der Waals surface area contributed by atoms with Gasteiger partial charge < -0.3 is 0 Å². The van der Waals surface area contributed by atoms with Crippen molar-refractivity contribution >= 4 is 33.0 Å². The molecule has 1 unspecified atom stereocenters. The lowest BCUT2D eigenvalue weighted by Crippen LogP contribution is -2.27. The SMILES string of the molecule is Cc1csc(C(C)NS(=O)(=O)c2cccnc2Cl)n1. The van der Waals surface area contributed by atoms with Gasteiger partial charge in [0, 0.05) is 17.3 Å². The monoisotopic (exact) mass is 317 g/mol. The van der Waals surface area contributed by atoms with Crippen LogP contribution in [0.3, 0.4) is 0 Å². The van der Waals surface area contributed by atoms with Crippen molar-refractivity contribution in [3.05, 3.63) is 39.6 Å². The van der Waals surface area contributed by atoms with Gasteiger partial charge in [-0.05, 0) is 26.0 Å². The van der Waals surface area contributed by atoms with Crippen LogP contribution in [0.5, 0.6) is 0 Å². The number of hydrogen-bond donors (Lipinski definition) is 1. The normalized spacial score (nSPS) is 13.4. The van der Waals surface area contributed by atoms with E-state index in [0.717, 1.165) is 5.69 Å². The molecule has 1 atom stereocenters. The van der Waals surface area contributed by atoms with Crippen LogP contribution in [0.2, 0.25) is 5.15 Å². The van der Waals surface area contributed by atoms with Crippen LogP contribution in [0.25, 0.3) is 0 Å². The molecule has 2 heterocycles. The standard InChI is InChI=1S/C11H12ClN3O2S2/c1-7-6-18-11(14-7)8(2)15-19(16,17)9-4-3-5-13-10(9)12/h3-6,8,15H,1-2H3. The lowest BCUT2D eigenvalue weighted by atomic mass is 10.4. The van der Waals surface area contributed by atoms with Crippen molar-refractivity contribution in [2.45, 2.75) is 24.8 Å². The van der Waals surface area contributed by atoms with Gasteiger partial charge in [-0.25, -0.2) is 23.1 Å². The second-order valence-electron chi connectivity index (χ2n) is 3.96. The highest BCUT2D eigenvalue weighted by Crippen LogP contribution is 2.22. The second kappa shape index (κ2) is 5.54. The molecular formula is C11H12ClN3O2S2. The molecule has 8 heteroatoms. The van der Waals surface area contributed by atoms with Crippen LogP contribution in [-0.4, -0.2) is 18.4 Å². The molecule has 0 aliphatic rings. The van der Waals surface area contributed by atoms with E-state index >= 15 is 0 Å². The Balaban J connectivity index is 2.25. The molecule has 0 aliphatic heterocycles. The zero-order valence-corrected chi connectivity index (χ0v) is 12.7. The minimum Gasteiger partial charge on any atom is -0.245 e. The maximum atomic E-state index is 12.2. The van der Waals surface area contributed by atoms with Crippen LogP contribution in [0.1, 0.15) is 23.7 Å². The van der Waals surface area contributed by atoms with Crippen LogP contribution in [0.4, 0.5) is 0 Å². The van der Waals surface area contributed by atoms with Gasteiger partial charge in [0.1, 0.15) is 15.1 Å². The molecule has 0 saturated heterocycles. The van der Waals surface area contributed by atoms with E-state index in [0.29, 0.717) is 5.01 Å². The molecule has 5 nitrogen and oxygen atoms in total. The van der Waals surface area contributed by atoms with E-state index in [1.54, 1.807) is 6.92 Å². The van der Waals surface area contributed by atoms with E-state index in [1.165, 1.54) is 29.7 Å². The van der Waals surface area contributed by atoms with E-state index in [-0.39, 0.29) is 10.0 Å². The van der Waals surface area contributed by atoms with Crippen LogP contribution < -0.4 is 4.72 Å².